The number of nitrogens with one attached hydrogen (secondary N) is 2. The highest BCUT2D eigenvalue weighted by atomic mass is 35.5. The van der Waals surface area contributed by atoms with Gasteiger partial charge in [-0.25, -0.2) is 17.9 Å². The Hall–Kier alpha value is -2.12. The van der Waals surface area contributed by atoms with Crippen LogP contribution in [0.2, 0.25) is 5.02 Å². The summed E-state index contributed by atoms with van der Waals surface area (Å²) in [6, 6.07) is 8.03. The van der Waals surface area contributed by atoms with E-state index in [2.05, 4.69) is 10.3 Å². The number of amides is 2. The predicted octanol–water partition coefficient (Wildman–Crippen LogP) is 2.25. The minimum atomic E-state index is -4.02. The second-order valence-corrected chi connectivity index (χ2v) is 5.78. The van der Waals surface area contributed by atoms with Gasteiger partial charge in [0.05, 0.1) is 5.02 Å². The van der Waals surface area contributed by atoms with E-state index in [1.54, 1.807) is 6.07 Å². The molecule has 0 saturated heterocycles. The van der Waals surface area contributed by atoms with Crippen LogP contribution in [0.1, 0.15) is 0 Å². The topological polar surface area (TPSA) is 88.2 Å². The van der Waals surface area contributed by atoms with Crippen molar-refractivity contribution >= 4 is 33.3 Å². The first-order valence-electron chi connectivity index (χ1n) is 5.47. The first-order valence-corrected chi connectivity index (χ1v) is 7.33. The molecule has 6 nitrogen and oxygen atoms in total. The Morgan fingerprint density at radius 1 is 1.10 bits per heavy atom. The van der Waals surface area contributed by atoms with Gasteiger partial charge >= 0.3 is 6.03 Å². The van der Waals surface area contributed by atoms with Crippen LogP contribution in [-0.2, 0) is 10.0 Å². The van der Waals surface area contributed by atoms with Crippen molar-refractivity contribution in [3.63, 3.8) is 0 Å². The standard InChI is InChI=1S/C12H10ClN3O3S/c13-10-3-1-2-4-11(10)20(18,19)16-12(17)15-9-5-7-14-8-6-9/h1-8H,(H2,14,15,16,17). The number of carbonyl (C=O) groups is 1. The lowest BCUT2D eigenvalue weighted by Gasteiger charge is -2.09. The molecule has 0 atom stereocenters. The molecule has 2 amide bonds. The third-order valence-corrected chi connectivity index (χ3v) is 4.12. The number of hydrogen-bond acceptors (Lipinski definition) is 4. The molecule has 0 saturated carbocycles. The van der Waals surface area contributed by atoms with Gasteiger partial charge in [-0.05, 0) is 24.3 Å². The van der Waals surface area contributed by atoms with Crippen LogP contribution in [0.15, 0.2) is 53.7 Å². The molecule has 0 fully saturated rings. The van der Waals surface area contributed by atoms with Crippen LogP contribution in [0.4, 0.5) is 10.5 Å². The Bertz CT molecular complexity index is 720. The molecule has 1 aromatic heterocycles. The second kappa shape index (κ2) is 5.89. The fraction of sp³-hybridized carbons (Fsp3) is 0. The highest BCUT2D eigenvalue weighted by Gasteiger charge is 2.20. The molecule has 0 aliphatic carbocycles. The first kappa shape index (κ1) is 14.3. The molecule has 8 heteroatoms. The summed E-state index contributed by atoms with van der Waals surface area (Å²) < 4.78 is 25.8. The summed E-state index contributed by atoms with van der Waals surface area (Å²) in [7, 11) is -4.02. The maximum absolute atomic E-state index is 12.0. The van der Waals surface area contributed by atoms with Crippen molar-refractivity contribution in [1.29, 1.82) is 0 Å². The maximum atomic E-state index is 12.0. The lowest BCUT2D eigenvalue weighted by atomic mass is 10.4. The minimum absolute atomic E-state index is 0.0386. The van der Waals surface area contributed by atoms with Gasteiger partial charge in [0, 0.05) is 18.1 Å². The van der Waals surface area contributed by atoms with E-state index < -0.39 is 16.1 Å². The summed E-state index contributed by atoms with van der Waals surface area (Å²) in [5, 5.41) is 2.41. The number of sulfonamides is 1. The molecule has 20 heavy (non-hydrogen) atoms. The first-order chi connectivity index (χ1) is 9.49. The third-order valence-electron chi connectivity index (χ3n) is 2.29. The van der Waals surface area contributed by atoms with Gasteiger partial charge in [-0.2, -0.15) is 0 Å². The van der Waals surface area contributed by atoms with E-state index in [4.69, 9.17) is 11.6 Å². The number of pyridine rings is 1. The van der Waals surface area contributed by atoms with Gasteiger partial charge < -0.3 is 5.32 Å². The van der Waals surface area contributed by atoms with Gasteiger partial charge in [-0.15, -0.1) is 0 Å². The Morgan fingerprint density at radius 3 is 2.40 bits per heavy atom. The Kier molecular flexibility index (Phi) is 4.21. The number of hydrogen-bond donors (Lipinski definition) is 2. The molecule has 104 valence electrons. The number of benzene rings is 1. The largest absolute Gasteiger partial charge is 0.333 e. The molecule has 0 unspecified atom stereocenters. The highest BCUT2D eigenvalue weighted by Crippen LogP contribution is 2.20. The molecule has 0 radical (unpaired) electrons. The highest BCUT2D eigenvalue weighted by molar-refractivity contribution is 7.90. The van der Waals surface area contributed by atoms with Crippen molar-refractivity contribution in [2.75, 3.05) is 5.32 Å². The summed E-state index contributed by atoms with van der Waals surface area (Å²) in [5.41, 5.74) is 0.423. The number of rotatable bonds is 3. The Morgan fingerprint density at radius 2 is 1.75 bits per heavy atom. The van der Waals surface area contributed by atoms with Crippen molar-refractivity contribution < 1.29 is 13.2 Å². The van der Waals surface area contributed by atoms with E-state index in [0.717, 1.165) is 0 Å². The summed E-state index contributed by atoms with van der Waals surface area (Å²) in [5.74, 6) is 0. The third kappa shape index (κ3) is 3.46. The van der Waals surface area contributed by atoms with Gasteiger partial charge in [0.2, 0.25) is 0 Å². The zero-order chi connectivity index (χ0) is 14.6. The van der Waals surface area contributed by atoms with Crippen LogP contribution in [0, 0.1) is 0 Å². The molecule has 2 rings (SSSR count). The molecule has 1 aromatic carbocycles. The average molecular weight is 312 g/mol. The molecule has 0 spiro atoms. The summed E-state index contributed by atoms with van der Waals surface area (Å²) in [6.45, 7) is 0. The van der Waals surface area contributed by atoms with Gasteiger partial charge in [-0.3, -0.25) is 4.98 Å². The molecular formula is C12H10ClN3O3S. The van der Waals surface area contributed by atoms with Crippen LogP contribution in [-0.4, -0.2) is 19.4 Å². The molecule has 1 heterocycles. The number of urea groups is 1. The number of nitrogens with zero attached hydrogens (tertiary/aromatic N) is 1. The van der Waals surface area contributed by atoms with E-state index in [-0.39, 0.29) is 9.92 Å². The SMILES string of the molecule is O=C(Nc1ccncc1)NS(=O)(=O)c1ccccc1Cl. The Balaban J connectivity index is 2.13. The van der Waals surface area contributed by atoms with Crippen molar-refractivity contribution in [3.8, 4) is 0 Å². The number of halogens is 1. The smallest absolute Gasteiger partial charge is 0.307 e. The number of anilines is 1. The minimum Gasteiger partial charge on any atom is -0.307 e. The van der Waals surface area contributed by atoms with Gasteiger partial charge in [-0.1, -0.05) is 23.7 Å². The fourth-order valence-electron chi connectivity index (χ4n) is 1.43. The van der Waals surface area contributed by atoms with Crippen LogP contribution >= 0.6 is 11.6 Å². The zero-order valence-corrected chi connectivity index (χ0v) is 11.6. The van der Waals surface area contributed by atoms with Gasteiger partial charge in [0.1, 0.15) is 4.90 Å². The fourth-order valence-corrected chi connectivity index (χ4v) is 2.86. The van der Waals surface area contributed by atoms with E-state index in [1.165, 1.54) is 42.7 Å². The predicted molar refractivity (Wildman–Crippen MR) is 75.0 cm³/mol. The van der Waals surface area contributed by atoms with Crippen LogP contribution in [0.5, 0.6) is 0 Å². The lowest BCUT2D eigenvalue weighted by Crippen LogP contribution is -2.34. The van der Waals surface area contributed by atoms with E-state index in [9.17, 15) is 13.2 Å². The van der Waals surface area contributed by atoms with Gasteiger partial charge in [0.25, 0.3) is 10.0 Å². The summed E-state index contributed by atoms with van der Waals surface area (Å²) >= 11 is 5.79. The Labute approximate surface area is 120 Å². The van der Waals surface area contributed by atoms with Crippen molar-refractivity contribution in [3.05, 3.63) is 53.8 Å². The van der Waals surface area contributed by atoms with Crippen LogP contribution in [0.25, 0.3) is 0 Å². The van der Waals surface area contributed by atoms with Crippen molar-refractivity contribution in [1.82, 2.24) is 9.71 Å². The van der Waals surface area contributed by atoms with Crippen molar-refractivity contribution in [2.45, 2.75) is 4.90 Å². The second-order valence-electron chi connectivity index (χ2n) is 3.73. The normalized spacial score (nSPS) is 10.8. The van der Waals surface area contributed by atoms with Crippen LogP contribution < -0.4 is 10.0 Å². The lowest BCUT2D eigenvalue weighted by molar-refractivity contribution is 0.256. The summed E-state index contributed by atoms with van der Waals surface area (Å²) in [4.78, 5) is 15.3. The van der Waals surface area contributed by atoms with Crippen molar-refractivity contribution in [2.24, 2.45) is 0 Å². The van der Waals surface area contributed by atoms with E-state index in [0.29, 0.717) is 5.69 Å². The monoisotopic (exact) mass is 311 g/mol. The number of aromatic nitrogens is 1. The van der Waals surface area contributed by atoms with Crippen LogP contribution in [0.3, 0.4) is 0 Å². The maximum Gasteiger partial charge on any atom is 0.333 e. The molecule has 2 N–H and O–H groups in total. The average Bonchev–Trinajstić information content (AvgIpc) is 2.39. The zero-order valence-electron chi connectivity index (χ0n) is 10.1. The molecule has 0 aliphatic rings. The van der Waals surface area contributed by atoms with Gasteiger partial charge in [0.15, 0.2) is 0 Å². The van der Waals surface area contributed by atoms with E-state index >= 15 is 0 Å². The summed E-state index contributed by atoms with van der Waals surface area (Å²) in [6.07, 6.45) is 2.94. The number of carbonyl (C=O) groups excluding carboxylic acids is 1. The van der Waals surface area contributed by atoms with E-state index in [1.807, 2.05) is 4.72 Å². The molecular weight excluding hydrogens is 302 g/mol. The molecule has 0 aliphatic heterocycles. The molecule has 0 bridgehead atoms. The quantitative estimate of drug-likeness (QED) is 0.910. The molecule has 2 aromatic rings.